The number of unbranched alkanes of at least 4 members (excludes halogenated alkanes) is 2. The van der Waals surface area contributed by atoms with E-state index in [-0.39, 0.29) is 5.91 Å². The number of amides is 1. The third-order valence-electron chi connectivity index (χ3n) is 2.28. The van der Waals surface area contributed by atoms with Gasteiger partial charge in [-0.15, -0.1) is 0 Å². The average molecular weight is 317 g/mol. The van der Waals surface area contributed by atoms with Gasteiger partial charge in [-0.05, 0) is 46.8 Å². The fourth-order valence-corrected chi connectivity index (χ4v) is 2.25. The van der Waals surface area contributed by atoms with Gasteiger partial charge in [0.15, 0.2) is 0 Å². The number of nitrogens with zero attached hydrogens (tertiary/aromatic N) is 1. The highest BCUT2D eigenvalue weighted by atomic mass is 79.9. The molecule has 5 heteroatoms. The van der Waals surface area contributed by atoms with Crippen LogP contribution in [0.15, 0.2) is 22.9 Å². The van der Waals surface area contributed by atoms with Gasteiger partial charge < -0.3 is 5.32 Å². The molecule has 17 heavy (non-hydrogen) atoms. The Kier molecular flexibility index (Phi) is 7.28. The Morgan fingerprint density at radius 3 is 2.94 bits per heavy atom. The molecule has 1 aromatic rings. The number of carbonyl (C=O) groups excluding carboxylic acids is 1. The van der Waals surface area contributed by atoms with Crippen LogP contribution in [0.3, 0.4) is 0 Å². The van der Waals surface area contributed by atoms with Gasteiger partial charge in [0.1, 0.15) is 0 Å². The molecule has 0 bridgehead atoms. The lowest BCUT2D eigenvalue weighted by Crippen LogP contribution is -2.24. The summed E-state index contributed by atoms with van der Waals surface area (Å²) in [6.07, 6.45) is 8.77. The molecule has 0 atom stereocenters. The second-order valence-corrected chi connectivity index (χ2v) is 5.60. The van der Waals surface area contributed by atoms with Gasteiger partial charge in [0, 0.05) is 23.4 Å². The van der Waals surface area contributed by atoms with Gasteiger partial charge >= 0.3 is 0 Å². The molecule has 1 rings (SSSR count). The molecular weight excluding hydrogens is 300 g/mol. The molecule has 0 saturated heterocycles. The first-order chi connectivity index (χ1) is 8.24. The topological polar surface area (TPSA) is 42.0 Å². The third-order valence-corrected chi connectivity index (χ3v) is 3.41. The van der Waals surface area contributed by atoms with E-state index in [2.05, 4.69) is 32.5 Å². The lowest BCUT2D eigenvalue weighted by molar-refractivity contribution is 0.0952. The Balaban J connectivity index is 2.21. The average Bonchev–Trinajstić information content (AvgIpc) is 2.33. The molecule has 94 valence electrons. The maximum Gasteiger partial charge on any atom is 0.252 e. The van der Waals surface area contributed by atoms with Gasteiger partial charge in [0.05, 0.1) is 5.56 Å². The molecular formula is C12H17BrN2OS. The minimum atomic E-state index is -0.0522. The van der Waals surface area contributed by atoms with Crippen LogP contribution >= 0.6 is 27.7 Å². The van der Waals surface area contributed by atoms with Crippen molar-refractivity contribution in [2.45, 2.75) is 19.3 Å². The molecule has 1 aromatic heterocycles. The zero-order valence-electron chi connectivity index (χ0n) is 9.91. The van der Waals surface area contributed by atoms with Crippen molar-refractivity contribution in [1.29, 1.82) is 0 Å². The van der Waals surface area contributed by atoms with Crippen molar-refractivity contribution in [2.75, 3.05) is 18.6 Å². The molecule has 3 nitrogen and oxygen atoms in total. The monoisotopic (exact) mass is 316 g/mol. The molecule has 0 unspecified atom stereocenters. The predicted octanol–water partition coefficient (Wildman–Crippen LogP) is 3.11. The van der Waals surface area contributed by atoms with Gasteiger partial charge in [0.25, 0.3) is 5.91 Å². The number of hydrogen-bond donors (Lipinski definition) is 1. The van der Waals surface area contributed by atoms with Gasteiger partial charge in [-0.3, -0.25) is 9.78 Å². The summed E-state index contributed by atoms with van der Waals surface area (Å²) in [4.78, 5) is 15.7. The first kappa shape index (κ1) is 14.5. The van der Waals surface area contributed by atoms with Crippen LogP contribution in [0.2, 0.25) is 0 Å². The third kappa shape index (κ3) is 6.07. The number of thioether (sulfide) groups is 1. The number of aromatic nitrogens is 1. The summed E-state index contributed by atoms with van der Waals surface area (Å²) in [5, 5.41) is 2.90. The fourth-order valence-electron chi connectivity index (χ4n) is 1.39. The maximum atomic E-state index is 11.7. The van der Waals surface area contributed by atoms with Crippen LogP contribution in [0.1, 0.15) is 29.6 Å². The van der Waals surface area contributed by atoms with Crippen LogP contribution in [-0.4, -0.2) is 29.4 Å². The van der Waals surface area contributed by atoms with Crippen molar-refractivity contribution in [2.24, 2.45) is 0 Å². The van der Waals surface area contributed by atoms with Gasteiger partial charge in [-0.25, -0.2) is 0 Å². The predicted molar refractivity (Wildman–Crippen MR) is 76.5 cm³/mol. The molecule has 1 N–H and O–H groups in total. The SMILES string of the molecule is CSCCCCCNC(=O)c1cncc(Br)c1. The molecule has 0 spiro atoms. The standard InChI is InChI=1S/C12H17BrN2OS/c1-17-6-4-2-3-5-15-12(16)10-7-11(13)9-14-8-10/h7-9H,2-6H2,1H3,(H,15,16). The molecule has 0 aromatic carbocycles. The molecule has 0 aliphatic heterocycles. The van der Waals surface area contributed by atoms with Crippen molar-refractivity contribution in [3.63, 3.8) is 0 Å². The molecule has 1 amide bonds. The first-order valence-corrected chi connectivity index (χ1v) is 7.80. The highest BCUT2D eigenvalue weighted by Crippen LogP contribution is 2.09. The summed E-state index contributed by atoms with van der Waals surface area (Å²) in [7, 11) is 0. The normalized spacial score (nSPS) is 10.2. The Hall–Kier alpha value is -0.550. The van der Waals surface area contributed by atoms with Crippen molar-refractivity contribution in [3.8, 4) is 0 Å². The number of hydrogen-bond acceptors (Lipinski definition) is 3. The summed E-state index contributed by atoms with van der Waals surface area (Å²) < 4.78 is 0.824. The summed E-state index contributed by atoms with van der Waals surface area (Å²) in [6.45, 7) is 0.736. The van der Waals surface area contributed by atoms with Crippen LogP contribution in [-0.2, 0) is 0 Å². The minimum absolute atomic E-state index is 0.0522. The summed E-state index contributed by atoms with van der Waals surface area (Å²) in [5.41, 5.74) is 0.600. The number of nitrogens with one attached hydrogen (secondary N) is 1. The second-order valence-electron chi connectivity index (χ2n) is 3.70. The minimum Gasteiger partial charge on any atom is -0.352 e. The summed E-state index contributed by atoms with van der Waals surface area (Å²) >= 11 is 5.16. The number of pyridine rings is 1. The molecule has 0 aliphatic carbocycles. The van der Waals surface area contributed by atoms with Gasteiger partial charge in [0.2, 0.25) is 0 Å². The van der Waals surface area contributed by atoms with Crippen LogP contribution in [0.25, 0.3) is 0 Å². The van der Waals surface area contributed by atoms with Crippen LogP contribution in [0.4, 0.5) is 0 Å². The lowest BCUT2D eigenvalue weighted by Gasteiger charge is -2.05. The lowest BCUT2D eigenvalue weighted by atomic mass is 10.2. The van der Waals surface area contributed by atoms with Crippen molar-refractivity contribution in [3.05, 3.63) is 28.5 Å². The zero-order chi connectivity index (χ0) is 12.5. The van der Waals surface area contributed by atoms with E-state index in [0.29, 0.717) is 5.56 Å². The number of halogens is 1. The second kappa shape index (κ2) is 8.53. The van der Waals surface area contributed by atoms with Crippen LogP contribution in [0, 0.1) is 0 Å². The Labute approximate surface area is 115 Å². The number of rotatable bonds is 7. The quantitative estimate of drug-likeness (QED) is 0.786. The molecule has 1 heterocycles. The summed E-state index contributed by atoms with van der Waals surface area (Å²) in [5.74, 6) is 1.15. The smallest absolute Gasteiger partial charge is 0.252 e. The summed E-state index contributed by atoms with van der Waals surface area (Å²) in [6, 6.07) is 1.77. The van der Waals surface area contributed by atoms with Crippen molar-refractivity contribution >= 4 is 33.6 Å². The number of carbonyl (C=O) groups is 1. The molecule has 0 saturated carbocycles. The van der Waals surface area contributed by atoms with E-state index in [9.17, 15) is 4.79 Å². The van der Waals surface area contributed by atoms with Crippen molar-refractivity contribution < 1.29 is 4.79 Å². The zero-order valence-corrected chi connectivity index (χ0v) is 12.3. The Morgan fingerprint density at radius 1 is 1.41 bits per heavy atom. The highest BCUT2D eigenvalue weighted by molar-refractivity contribution is 9.10. The van der Waals surface area contributed by atoms with E-state index in [1.807, 2.05) is 11.8 Å². The fraction of sp³-hybridized carbons (Fsp3) is 0.500. The van der Waals surface area contributed by atoms with Crippen LogP contribution in [0.5, 0.6) is 0 Å². The van der Waals surface area contributed by atoms with E-state index in [4.69, 9.17) is 0 Å². The molecule has 0 aliphatic rings. The first-order valence-electron chi connectivity index (χ1n) is 5.61. The largest absolute Gasteiger partial charge is 0.352 e. The highest BCUT2D eigenvalue weighted by Gasteiger charge is 2.04. The van der Waals surface area contributed by atoms with E-state index in [1.54, 1.807) is 18.5 Å². The van der Waals surface area contributed by atoms with Crippen LogP contribution < -0.4 is 5.32 Å². The molecule has 0 radical (unpaired) electrons. The van der Waals surface area contributed by atoms with E-state index in [1.165, 1.54) is 12.2 Å². The molecule has 0 fully saturated rings. The van der Waals surface area contributed by atoms with E-state index in [0.717, 1.165) is 23.9 Å². The van der Waals surface area contributed by atoms with Gasteiger partial charge in [-0.2, -0.15) is 11.8 Å². The van der Waals surface area contributed by atoms with E-state index < -0.39 is 0 Å². The van der Waals surface area contributed by atoms with Crippen molar-refractivity contribution in [1.82, 2.24) is 10.3 Å². The maximum absolute atomic E-state index is 11.7. The van der Waals surface area contributed by atoms with Gasteiger partial charge in [-0.1, -0.05) is 6.42 Å². The Bertz CT molecular complexity index is 360. The Morgan fingerprint density at radius 2 is 2.24 bits per heavy atom. The van der Waals surface area contributed by atoms with E-state index >= 15 is 0 Å².